The molecule has 0 aliphatic rings. The van der Waals surface area contributed by atoms with Gasteiger partial charge >= 0.3 is 5.97 Å². The molecule has 0 aromatic heterocycles. The summed E-state index contributed by atoms with van der Waals surface area (Å²) in [5.74, 6) is -0.845. The van der Waals surface area contributed by atoms with Crippen molar-refractivity contribution in [2.75, 3.05) is 0 Å². The Bertz CT molecular complexity index is 107. The predicted molar refractivity (Wildman–Crippen MR) is 27.1 cm³/mol. The van der Waals surface area contributed by atoms with Crippen molar-refractivity contribution < 1.29 is 42.6 Å². The normalized spacial score (nSPS) is 10.0. The summed E-state index contributed by atoms with van der Waals surface area (Å²) in [6, 6.07) is 0. The molecule has 3 heteroatoms. The Hall–Kier alpha value is 0.314. The van der Waals surface area contributed by atoms with Crippen LogP contribution in [0.4, 0.5) is 0 Å². The zero-order valence-electron chi connectivity index (χ0n) is 5.01. The number of carboxylic acids is 1. The van der Waals surface area contributed by atoms with Crippen LogP contribution in [0.5, 0.6) is 0 Å². The van der Waals surface area contributed by atoms with Crippen LogP contribution < -0.4 is 0 Å². The van der Waals surface area contributed by atoms with E-state index in [2.05, 4.69) is 0 Å². The molecule has 0 fully saturated rings. The van der Waals surface area contributed by atoms with Crippen LogP contribution in [0.2, 0.25) is 0 Å². The molecule has 0 rings (SSSR count). The molecule has 0 saturated heterocycles. The van der Waals surface area contributed by atoms with E-state index in [4.69, 9.17) is 5.11 Å². The van der Waals surface area contributed by atoms with Crippen molar-refractivity contribution in [3.05, 3.63) is 11.6 Å². The minimum Gasteiger partial charge on any atom is -0.478 e. The van der Waals surface area contributed by atoms with Gasteiger partial charge in [0.25, 0.3) is 0 Å². The van der Waals surface area contributed by atoms with Gasteiger partial charge in [0.1, 0.15) is 0 Å². The smallest absolute Gasteiger partial charge is 0.330 e. The molecule has 0 bridgehead atoms. The van der Waals surface area contributed by atoms with E-state index in [-0.39, 0.29) is 32.7 Å². The van der Waals surface area contributed by atoms with Gasteiger partial charge in [-0.3, -0.25) is 0 Å². The Kier molecular flexibility index (Phi) is 7.60. The topological polar surface area (TPSA) is 37.3 Å². The molecule has 2 nitrogen and oxygen atoms in total. The maximum absolute atomic E-state index is 9.86. The molecule has 0 saturated carbocycles. The SMILES string of the molecule is C/C=C(/C)C(=O)O.[Y]. The fraction of sp³-hybridized carbons (Fsp3) is 0.400. The molecule has 0 spiro atoms. The van der Waals surface area contributed by atoms with E-state index in [1.807, 2.05) is 0 Å². The number of hydrogen-bond acceptors (Lipinski definition) is 1. The number of carbonyl (C=O) groups is 1. The van der Waals surface area contributed by atoms with E-state index in [1.54, 1.807) is 19.9 Å². The van der Waals surface area contributed by atoms with E-state index in [1.165, 1.54) is 0 Å². The minimum absolute atomic E-state index is 0. The fourth-order valence-electron chi connectivity index (χ4n) is 0.123. The minimum atomic E-state index is -0.845. The van der Waals surface area contributed by atoms with E-state index in [0.717, 1.165) is 0 Å². The summed E-state index contributed by atoms with van der Waals surface area (Å²) in [5.41, 5.74) is 0.389. The molecule has 0 aliphatic carbocycles. The Morgan fingerprint density at radius 1 is 1.62 bits per heavy atom. The molecule has 0 aromatic carbocycles. The third kappa shape index (κ3) is 4.47. The Morgan fingerprint density at radius 2 is 2.00 bits per heavy atom. The van der Waals surface area contributed by atoms with Crippen LogP contribution in [-0.2, 0) is 37.5 Å². The molecular weight excluding hydrogens is 181 g/mol. The summed E-state index contributed by atoms with van der Waals surface area (Å²) in [6.45, 7) is 3.26. The van der Waals surface area contributed by atoms with Crippen molar-refractivity contribution in [3.8, 4) is 0 Å². The number of carboxylic acid groups (broad SMARTS) is 1. The largest absolute Gasteiger partial charge is 0.478 e. The first-order valence-corrected chi connectivity index (χ1v) is 2.04. The van der Waals surface area contributed by atoms with Gasteiger partial charge in [0.15, 0.2) is 0 Å². The number of allylic oxidation sites excluding steroid dienone is 1. The molecule has 0 amide bonds. The second-order valence-corrected chi connectivity index (χ2v) is 1.28. The molecule has 0 aliphatic heterocycles. The predicted octanol–water partition coefficient (Wildman–Crippen LogP) is 1.03. The van der Waals surface area contributed by atoms with Crippen LogP contribution in [0.25, 0.3) is 0 Å². The summed E-state index contributed by atoms with van der Waals surface area (Å²) in [4.78, 5) is 9.86. The van der Waals surface area contributed by atoms with E-state index >= 15 is 0 Å². The van der Waals surface area contributed by atoms with Crippen molar-refractivity contribution in [1.29, 1.82) is 0 Å². The van der Waals surface area contributed by atoms with Gasteiger partial charge in [-0.1, -0.05) is 6.08 Å². The fourth-order valence-corrected chi connectivity index (χ4v) is 0.123. The molecular formula is C5H8O2Y. The van der Waals surface area contributed by atoms with Crippen molar-refractivity contribution in [2.45, 2.75) is 13.8 Å². The van der Waals surface area contributed by atoms with Gasteiger partial charge in [-0.2, -0.15) is 0 Å². The van der Waals surface area contributed by atoms with Crippen molar-refractivity contribution in [1.82, 2.24) is 0 Å². The average Bonchev–Trinajstić information content (AvgIpc) is 1.65. The number of aliphatic carboxylic acids is 1. The first kappa shape index (κ1) is 11.2. The van der Waals surface area contributed by atoms with Crippen LogP contribution in [-0.4, -0.2) is 11.1 Å². The zero-order chi connectivity index (χ0) is 5.86. The second-order valence-electron chi connectivity index (χ2n) is 1.28. The molecule has 0 aromatic rings. The summed E-state index contributed by atoms with van der Waals surface area (Å²) in [7, 11) is 0. The second kappa shape index (κ2) is 5.45. The van der Waals surface area contributed by atoms with E-state index in [9.17, 15) is 4.79 Å². The van der Waals surface area contributed by atoms with Gasteiger partial charge in [0.05, 0.1) is 0 Å². The summed E-state index contributed by atoms with van der Waals surface area (Å²) < 4.78 is 0. The molecule has 0 heterocycles. The summed E-state index contributed by atoms with van der Waals surface area (Å²) in [6.07, 6.45) is 1.56. The van der Waals surface area contributed by atoms with Gasteiger partial charge in [-0.15, -0.1) is 0 Å². The number of hydrogen-bond donors (Lipinski definition) is 1. The molecule has 43 valence electrons. The molecule has 1 N–H and O–H groups in total. The quantitative estimate of drug-likeness (QED) is 0.625. The first-order chi connectivity index (χ1) is 3.18. The van der Waals surface area contributed by atoms with E-state index in [0.29, 0.717) is 5.57 Å². The van der Waals surface area contributed by atoms with Crippen LogP contribution >= 0.6 is 0 Å². The number of rotatable bonds is 1. The van der Waals surface area contributed by atoms with Gasteiger partial charge in [0, 0.05) is 38.3 Å². The maximum Gasteiger partial charge on any atom is 0.330 e. The summed E-state index contributed by atoms with van der Waals surface area (Å²) in [5, 5.41) is 8.11. The van der Waals surface area contributed by atoms with Crippen molar-refractivity contribution >= 4 is 5.97 Å². The maximum atomic E-state index is 9.86. The Morgan fingerprint density at radius 3 is 2.00 bits per heavy atom. The van der Waals surface area contributed by atoms with Gasteiger partial charge in [-0.05, 0) is 13.8 Å². The molecule has 8 heavy (non-hydrogen) atoms. The third-order valence-corrected chi connectivity index (χ3v) is 0.770. The molecule has 1 radical (unpaired) electrons. The monoisotopic (exact) mass is 189 g/mol. The van der Waals surface area contributed by atoms with Crippen LogP contribution in [0.15, 0.2) is 11.6 Å². The Balaban J connectivity index is 0. The third-order valence-electron chi connectivity index (χ3n) is 0.770. The standard InChI is InChI=1S/C5H8O2.Y/c1-3-4(2)5(6)7;/h3H,1-2H3,(H,6,7);/b4-3-;. The van der Waals surface area contributed by atoms with Crippen LogP contribution in [0, 0.1) is 0 Å². The average molecular weight is 189 g/mol. The van der Waals surface area contributed by atoms with Gasteiger partial charge in [-0.25, -0.2) is 4.79 Å². The molecule has 0 unspecified atom stereocenters. The zero-order valence-corrected chi connectivity index (χ0v) is 7.85. The molecule has 0 atom stereocenters. The van der Waals surface area contributed by atoms with Crippen LogP contribution in [0.3, 0.4) is 0 Å². The van der Waals surface area contributed by atoms with Crippen molar-refractivity contribution in [2.24, 2.45) is 0 Å². The summed E-state index contributed by atoms with van der Waals surface area (Å²) >= 11 is 0. The van der Waals surface area contributed by atoms with Crippen LogP contribution in [0.1, 0.15) is 13.8 Å². The van der Waals surface area contributed by atoms with Crippen molar-refractivity contribution in [3.63, 3.8) is 0 Å². The van der Waals surface area contributed by atoms with Gasteiger partial charge < -0.3 is 5.11 Å². The Labute approximate surface area is 73.8 Å². The van der Waals surface area contributed by atoms with E-state index < -0.39 is 5.97 Å². The van der Waals surface area contributed by atoms with Gasteiger partial charge in [0.2, 0.25) is 0 Å². The first-order valence-electron chi connectivity index (χ1n) is 2.04.